The van der Waals surface area contributed by atoms with Gasteiger partial charge in [0.2, 0.25) is 5.78 Å². The molecule has 11 heteroatoms. The minimum absolute atomic E-state index is 0.0707. The fourth-order valence-corrected chi connectivity index (χ4v) is 3.66. The van der Waals surface area contributed by atoms with Gasteiger partial charge >= 0.3 is 6.18 Å². The summed E-state index contributed by atoms with van der Waals surface area (Å²) in [7, 11) is -4.01. The summed E-state index contributed by atoms with van der Waals surface area (Å²) in [6.07, 6.45) is -5.98. The van der Waals surface area contributed by atoms with Crippen LogP contribution < -0.4 is 4.83 Å². The fourth-order valence-electron chi connectivity index (χ4n) is 1.31. The number of nitrogens with zero attached hydrogens (tertiary/aromatic N) is 2. The highest BCUT2D eigenvalue weighted by molar-refractivity contribution is 7.91. The molecule has 1 heterocycles. The van der Waals surface area contributed by atoms with Crippen molar-refractivity contribution < 1.29 is 26.4 Å². The third kappa shape index (κ3) is 4.77. The first-order valence-electron chi connectivity index (χ1n) is 5.52. The van der Waals surface area contributed by atoms with Gasteiger partial charge in [-0.1, -0.05) is 0 Å². The van der Waals surface area contributed by atoms with Gasteiger partial charge in [-0.05, 0) is 20.8 Å². The van der Waals surface area contributed by atoms with E-state index in [0.717, 1.165) is 18.3 Å². The highest BCUT2D eigenvalue weighted by Crippen LogP contribution is 2.22. The van der Waals surface area contributed by atoms with Gasteiger partial charge in [-0.15, -0.1) is 11.3 Å². The number of rotatable bonds is 5. The van der Waals surface area contributed by atoms with Crippen LogP contribution in [-0.4, -0.2) is 31.1 Å². The fraction of sp³-hybridized carbons (Fsp3) is 0.500. The number of aromatic nitrogens is 1. The lowest BCUT2D eigenvalue weighted by molar-refractivity contribution is -0.169. The maximum Gasteiger partial charge on any atom is 0.450 e. The van der Waals surface area contributed by atoms with Crippen molar-refractivity contribution in [1.29, 1.82) is 0 Å². The van der Waals surface area contributed by atoms with E-state index in [0.29, 0.717) is 5.01 Å². The molecule has 6 nitrogen and oxygen atoms in total. The zero-order chi connectivity index (χ0) is 16.4. The number of carbonyl (C=O) groups excluding carboxylic acids is 1. The molecule has 0 saturated carbocycles. The van der Waals surface area contributed by atoms with Crippen LogP contribution in [0.5, 0.6) is 0 Å². The number of thiazole rings is 1. The Balaban J connectivity index is 2.84. The zero-order valence-electron chi connectivity index (χ0n) is 11.3. The highest BCUT2D eigenvalue weighted by atomic mass is 32.2. The van der Waals surface area contributed by atoms with Gasteiger partial charge in [-0.2, -0.15) is 31.5 Å². The largest absolute Gasteiger partial charge is 0.450 e. The van der Waals surface area contributed by atoms with Crippen molar-refractivity contribution in [3.8, 4) is 0 Å². The molecule has 118 valence electrons. The minimum Gasteiger partial charge on any atom is -0.289 e. The Morgan fingerprint density at radius 1 is 1.38 bits per heavy atom. The van der Waals surface area contributed by atoms with Gasteiger partial charge in [0.1, 0.15) is 0 Å². The number of alkyl halides is 3. The van der Waals surface area contributed by atoms with E-state index >= 15 is 0 Å². The number of nitrogens with one attached hydrogen (secondary N) is 1. The molecule has 0 unspecified atom stereocenters. The van der Waals surface area contributed by atoms with E-state index in [9.17, 15) is 26.4 Å². The Hall–Kier alpha value is -1.49. The summed E-state index contributed by atoms with van der Waals surface area (Å²) in [5, 5.41) is 3.84. The number of ketones is 1. The molecule has 0 amide bonds. The van der Waals surface area contributed by atoms with E-state index in [2.05, 4.69) is 10.1 Å². The van der Waals surface area contributed by atoms with Crippen LogP contribution in [0.15, 0.2) is 9.31 Å². The van der Waals surface area contributed by atoms with Gasteiger partial charge in [-0.3, -0.25) is 4.79 Å². The predicted octanol–water partition coefficient (Wildman–Crippen LogP) is 1.94. The summed E-state index contributed by atoms with van der Waals surface area (Å²) >= 11 is 0.913. The number of carbonyl (C=O) groups is 1. The molecule has 21 heavy (non-hydrogen) atoms. The van der Waals surface area contributed by atoms with Crippen molar-refractivity contribution in [2.24, 2.45) is 5.10 Å². The van der Waals surface area contributed by atoms with Crippen LogP contribution in [0.2, 0.25) is 0 Å². The van der Waals surface area contributed by atoms with Crippen LogP contribution in [0, 0.1) is 13.8 Å². The predicted molar refractivity (Wildman–Crippen MR) is 70.7 cm³/mol. The molecule has 1 N–H and O–H groups in total. The number of Topliss-reactive ketones (excluding diaryl/α,β-unsaturated/α-hetero) is 1. The first kappa shape index (κ1) is 17.6. The van der Waals surface area contributed by atoms with Gasteiger partial charge in [0.05, 0.1) is 17.1 Å². The van der Waals surface area contributed by atoms with Crippen molar-refractivity contribution in [3.63, 3.8) is 0 Å². The van der Waals surface area contributed by atoms with Crippen LogP contribution >= 0.6 is 11.3 Å². The third-order valence-corrected chi connectivity index (χ3v) is 5.09. The summed E-state index contributed by atoms with van der Waals surface area (Å²) in [5.41, 5.74) is -0.0241. The molecule has 0 aromatic carbocycles. The van der Waals surface area contributed by atoms with E-state index in [1.165, 1.54) is 6.92 Å². The highest BCUT2D eigenvalue weighted by Gasteiger charge is 2.38. The Morgan fingerprint density at radius 2 is 1.95 bits per heavy atom. The van der Waals surface area contributed by atoms with Gasteiger partial charge in [0.15, 0.2) is 4.21 Å². The third-order valence-electron chi connectivity index (χ3n) is 2.19. The van der Waals surface area contributed by atoms with E-state index < -0.39 is 28.4 Å². The first-order valence-corrected chi connectivity index (χ1v) is 7.82. The second-order valence-corrected chi connectivity index (χ2v) is 7.20. The molecule has 0 fully saturated rings. The lowest BCUT2D eigenvalue weighted by Crippen LogP contribution is -2.26. The lowest BCUT2D eigenvalue weighted by Gasteiger charge is -2.05. The molecular formula is C10H12F3N3O3S2. The van der Waals surface area contributed by atoms with Gasteiger partial charge in [0.25, 0.3) is 10.0 Å². The Morgan fingerprint density at radius 3 is 2.38 bits per heavy atom. The van der Waals surface area contributed by atoms with Crippen LogP contribution in [0.3, 0.4) is 0 Å². The molecule has 0 aliphatic heterocycles. The van der Waals surface area contributed by atoms with E-state index in [4.69, 9.17) is 0 Å². The Bertz CT molecular complexity index is 677. The van der Waals surface area contributed by atoms with Crippen molar-refractivity contribution >= 4 is 32.9 Å². The Kier molecular flexibility index (Phi) is 5.10. The first-order chi connectivity index (χ1) is 9.43. The molecule has 1 rings (SSSR count). The molecule has 0 atom stereocenters. The molecule has 0 aliphatic rings. The molecule has 0 saturated heterocycles. The normalized spacial score (nSPS) is 13.3. The standard InChI is InChI=1S/C10H12F3N3O3S2/c1-5(4-8(17)10(11,12)13)15-16-21(18,19)9-6(2)14-7(3)20-9/h16H,4H2,1-3H3/b15-5+. The smallest absolute Gasteiger partial charge is 0.289 e. The van der Waals surface area contributed by atoms with Crippen LogP contribution in [0.4, 0.5) is 13.2 Å². The number of hydrogen-bond donors (Lipinski definition) is 1. The van der Waals surface area contributed by atoms with Gasteiger partial charge in [-0.25, -0.2) is 4.98 Å². The van der Waals surface area contributed by atoms with E-state index in [-0.39, 0.29) is 15.6 Å². The maximum absolute atomic E-state index is 12.1. The molecular weight excluding hydrogens is 331 g/mol. The van der Waals surface area contributed by atoms with Gasteiger partial charge < -0.3 is 0 Å². The molecule has 0 aliphatic carbocycles. The molecule has 0 radical (unpaired) electrons. The molecule has 0 spiro atoms. The molecule has 1 aromatic rings. The number of halogens is 3. The summed E-state index contributed by atoms with van der Waals surface area (Å²) < 4.78 is 59.9. The van der Waals surface area contributed by atoms with E-state index in [1.807, 2.05) is 0 Å². The number of sulfonamides is 1. The quantitative estimate of drug-likeness (QED) is 0.654. The van der Waals surface area contributed by atoms with Crippen molar-refractivity contribution in [1.82, 2.24) is 9.82 Å². The van der Waals surface area contributed by atoms with Crippen molar-refractivity contribution in [2.75, 3.05) is 0 Å². The summed E-state index contributed by atoms with van der Waals surface area (Å²) in [4.78, 5) is 16.5. The average molecular weight is 343 g/mol. The number of aryl methyl sites for hydroxylation is 2. The van der Waals surface area contributed by atoms with Crippen LogP contribution in [0.25, 0.3) is 0 Å². The zero-order valence-corrected chi connectivity index (χ0v) is 12.9. The molecule has 1 aromatic heterocycles. The van der Waals surface area contributed by atoms with Crippen molar-refractivity contribution in [2.45, 2.75) is 37.6 Å². The molecule has 0 bridgehead atoms. The summed E-state index contributed by atoms with van der Waals surface area (Å²) in [6, 6.07) is 0. The maximum atomic E-state index is 12.1. The number of hydrazone groups is 1. The minimum atomic E-state index is -4.97. The summed E-state index contributed by atoms with van der Waals surface area (Å²) in [6.45, 7) is 4.23. The second kappa shape index (κ2) is 6.10. The summed E-state index contributed by atoms with van der Waals surface area (Å²) in [5.74, 6) is -1.99. The SMILES string of the molecule is C/C(CC(=O)C(F)(F)F)=N\NS(=O)(=O)c1sc(C)nc1C. The topological polar surface area (TPSA) is 88.5 Å². The van der Waals surface area contributed by atoms with Crippen LogP contribution in [-0.2, 0) is 14.8 Å². The van der Waals surface area contributed by atoms with E-state index in [1.54, 1.807) is 11.8 Å². The van der Waals surface area contributed by atoms with Crippen LogP contribution in [0.1, 0.15) is 24.0 Å². The average Bonchev–Trinajstić information content (AvgIpc) is 2.65. The van der Waals surface area contributed by atoms with Crippen molar-refractivity contribution in [3.05, 3.63) is 10.7 Å². The number of hydrogen-bond acceptors (Lipinski definition) is 6. The monoisotopic (exact) mass is 343 g/mol. The van der Waals surface area contributed by atoms with Gasteiger partial charge in [0, 0.05) is 5.71 Å². The Labute approximate surface area is 123 Å². The second-order valence-electron chi connectivity index (χ2n) is 4.15. The lowest BCUT2D eigenvalue weighted by atomic mass is 10.2.